The summed E-state index contributed by atoms with van der Waals surface area (Å²) in [6.45, 7) is 1.37. The minimum atomic E-state index is -4.90. The Bertz CT molecular complexity index is 267. The van der Waals surface area contributed by atoms with Gasteiger partial charge < -0.3 is 9.84 Å². The van der Waals surface area contributed by atoms with Crippen LogP contribution in [0.15, 0.2) is 11.6 Å². The number of carbonyl (C=O) groups excluding carboxylic acids is 1. The van der Waals surface area contributed by atoms with E-state index in [1.807, 2.05) is 0 Å². The fourth-order valence-electron chi connectivity index (χ4n) is 0.653. The van der Waals surface area contributed by atoms with Gasteiger partial charge in [-0.05, 0) is 6.42 Å². The van der Waals surface area contributed by atoms with Crippen LogP contribution in [0, 0.1) is 0 Å². The Morgan fingerprint density at radius 1 is 1.43 bits per heavy atom. The SMILES string of the molecule is CCC=C(C(=O)OC(=O)O)C(F)(F)F. The molecule has 0 amide bonds. The van der Waals surface area contributed by atoms with Gasteiger partial charge in [0.05, 0.1) is 0 Å². The van der Waals surface area contributed by atoms with Crippen molar-refractivity contribution in [2.75, 3.05) is 0 Å². The highest BCUT2D eigenvalue weighted by molar-refractivity contribution is 5.95. The van der Waals surface area contributed by atoms with Gasteiger partial charge >= 0.3 is 18.3 Å². The maximum atomic E-state index is 12.0. The third kappa shape index (κ3) is 3.92. The van der Waals surface area contributed by atoms with Gasteiger partial charge in [-0.1, -0.05) is 13.0 Å². The molecule has 7 heteroatoms. The second-order valence-electron chi connectivity index (χ2n) is 2.18. The lowest BCUT2D eigenvalue weighted by Crippen LogP contribution is -2.23. The molecule has 0 saturated carbocycles. The number of hydrogen-bond acceptors (Lipinski definition) is 3. The minimum absolute atomic E-state index is 0.0520. The topological polar surface area (TPSA) is 63.6 Å². The van der Waals surface area contributed by atoms with E-state index >= 15 is 0 Å². The lowest BCUT2D eigenvalue weighted by molar-refractivity contribution is -0.146. The van der Waals surface area contributed by atoms with Gasteiger partial charge in [-0.2, -0.15) is 13.2 Å². The summed E-state index contributed by atoms with van der Waals surface area (Å²) in [5.74, 6) is -1.91. The molecule has 0 aliphatic carbocycles. The van der Waals surface area contributed by atoms with E-state index in [0.717, 1.165) is 0 Å². The molecule has 0 heterocycles. The lowest BCUT2D eigenvalue weighted by Gasteiger charge is -2.08. The monoisotopic (exact) mass is 212 g/mol. The van der Waals surface area contributed by atoms with Gasteiger partial charge in [0.1, 0.15) is 5.57 Å². The molecule has 1 N–H and O–H groups in total. The Kier molecular flexibility index (Phi) is 4.13. The molecule has 80 valence electrons. The zero-order valence-electron chi connectivity index (χ0n) is 7.09. The standard InChI is InChI=1S/C7H7F3O4/c1-2-3-4(7(8,9)10)5(11)14-6(12)13/h3H,2H2,1H3,(H,12,13). The maximum absolute atomic E-state index is 12.0. The van der Waals surface area contributed by atoms with Crippen molar-refractivity contribution >= 4 is 12.1 Å². The van der Waals surface area contributed by atoms with Gasteiger partial charge in [-0.25, -0.2) is 9.59 Å². The molecule has 0 aromatic carbocycles. The Hall–Kier alpha value is -1.53. The van der Waals surface area contributed by atoms with Crippen LogP contribution < -0.4 is 0 Å². The van der Waals surface area contributed by atoms with Crippen molar-refractivity contribution in [1.82, 2.24) is 0 Å². The molecular formula is C7H7F3O4. The Morgan fingerprint density at radius 3 is 2.21 bits per heavy atom. The second-order valence-corrected chi connectivity index (χ2v) is 2.18. The molecule has 0 aromatic heterocycles. The fourth-order valence-corrected chi connectivity index (χ4v) is 0.653. The van der Waals surface area contributed by atoms with Crippen LogP contribution >= 0.6 is 0 Å². The zero-order valence-corrected chi connectivity index (χ0v) is 7.09. The van der Waals surface area contributed by atoms with Gasteiger partial charge in [0, 0.05) is 0 Å². The smallest absolute Gasteiger partial charge is 0.449 e. The zero-order chi connectivity index (χ0) is 11.4. The number of carbonyl (C=O) groups is 2. The Labute approximate surface area is 77.0 Å². The molecule has 0 unspecified atom stereocenters. The third-order valence-electron chi connectivity index (χ3n) is 1.11. The van der Waals surface area contributed by atoms with Crippen molar-refractivity contribution in [2.24, 2.45) is 0 Å². The summed E-state index contributed by atoms with van der Waals surface area (Å²) in [4.78, 5) is 20.4. The van der Waals surface area contributed by atoms with Crippen molar-refractivity contribution in [2.45, 2.75) is 19.5 Å². The second kappa shape index (κ2) is 4.64. The Morgan fingerprint density at radius 2 is 1.93 bits per heavy atom. The molecule has 0 bridgehead atoms. The van der Waals surface area contributed by atoms with Crippen LogP contribution in [0.3, 0.4) is 0 Å². The summed E-state index contributed by atoms with van der Waals surface area (Å²) in [7, 11) is 0. The van der Waals surface area contributed by atoms with Gasteiger partial charge in [0.25, 0.3) is 0 Å². The molecule has 0 radical (unpaired) electrons. The van der Waals surface area contributed by atoms with Crippen LogP contribution in [0.5, 0.6) is 0 Å². The van der Waals surface area contributed by atoms with Crippen LogP contribution in [-0.2, 0) is 9.53 Å². The predicted molar refractivity (Wildman–Crippen MR) is 38.5 cm³/mol. The van der Waals surface area contributed by atoms with Crippen molar-refractivity contribution < 1.29 is 32.6 Å². The number of rotatable bonds is 2. The van der Waals surface area contributed by atoms with E-state index in [1.54, 1.807) is 0 Å². The summed E-state index contributed by atoms with van der Waals surface area (Å²) < 4.78 is 39.5. The lowest BCUT2D eigenvalue weighted by atomic mass is 10.2. The fraction of sp³-hybridized carbons (Fsp3) is 0.429. The molecule has 0 fully saturated rings. The van der Waals surface area contributed by atoms with E-state index in [4.69, 9.17) is 5.11 Å². The van der Waals surface area contributed by atoms with Crippen LogP contribution in [0.25, 0.3) is 0 Å². The van der Waals surface area contributed by atoms with E-state index in [1.165, 1.54) is 6.92 Å². The summed E-state index contributed by atoms with van der Waals surface area (Å²) in [6.07, 6.45) is -6.46. The number of ether oxygens (including phenoxy) is 1. The van der Waals surface area contributed by atoms with Crippen molar-refractivity contribution in [3.8, 4) is 0 Å². The quantitative estimate of drug-likeness (QED) is 0.432. The van der Waals surface area contributed by atoms with Crippen LogP contribution in [0.1, 0.15) is 13.3 Å². The van der Waals surface area contributed by atoms with Gasteiger partial charge in [0.2, 0.25) is 0 Å². The van der Waals surface area contributed by atoms with E-state index in [2.05, 4.69) is 4.74 Å². The third-order valence-corrected chi connectivity index (χ3v) is 1.11. The first-order chi connectivity index (χ1) is 6.29. The average molecular weight is 212 g/mol. The molecule has 0 rings (SSSR count). The highest BCUT2D eigenvalue weighted by atomic mass is 19.4. The van der Waals surface area contributed by atoms with E-state index in [9.17, 15) is 22.8 Å². The van der Waals surface area contributed by atoms with Gasteiger partial charge in [-0.3, -0.25) is 0 Å². The van der Waals surface area contributed by atoms with E-state index < -0.39 is 23.9 Å². The van der Waals surface area contributed by atoms with Gasteiger partial charge in [-0.15, -0.1) is 0 Å². The number of carboxylic acid groups (broad SMARTS) is 1. The van der Waals surface area contributed by atoms with Crippen LogP contribution in [0.2, 0.25) is 0 Å². The molecule has 0 saturated heterocycles. The molecular weight excluding hydrogens is 205 g/mol. The predicted octanol–water partition coefficient (Wildman–Crippen LogP) is 2.11. The average Bonchev–Trinajstić information content (AvgIpc) is 1.96. The number of halogens is 3. The number of hydrogen-bond donors (Lipinski definition) is 1. The van der Waals surface area contributed by atoms with Crippen molar-refractivity contribution in [3.63, 3.8) is 0 Å². The summed E-state index contributed by atoms with van der Waals surface area (Å²) in [5, 5.41) is 7.93. The van der Waals surface area contributed by atoms with Crippen molar-refractivity contribution in [1.29, 1.82) is 0 Å². The van der Waals surface area contributed by atoms with Crippen LogP contribution in [-0.4, -0.2) is 23.4 Å². The highest BCUT2D eigenvalue weighted by Crippen LogP contribution is 2.26. The minimum Gasteiger partial charge on any atom is -0.449 e. The first kappa shape index (κ1) is 12.5. The van der Waals surface area contributed by atoms with E-state index in [-0.39, 0.29) is 6.42 Å². The number of esters is 1. The summed E-state index contributed by atoms with van der Waals surface area (Å²) in [5.41, 5.74) is -1.61. The first-order valence-electron chi connectivity index (χ1n) is 3.51. The summed E-state index contributed by atoms with van der Waals surface area (Å²) >= 11 is 0. The molecule has 0 aliphatic rings. The highest BCUT2D eigenvalue weighted by Gasteiger charge is 2.40. The van der Waals surface area contributed by atoms with E-state index in [0.29, 0.717) is 6.08 Å². The Balaban J connectivity index is 4.78. The largest absolute Gasteiger partial charge is 0.513 e. The number of allylic oxidation sites excluding steroid dienone is 1. The molecule has 0 aromatic rings. The first-order valence-corrected chi connectivity index (χ1v) is 3.51. The number of alkyl halides is 3. The molecule has 4 nitrogen and oxygen atoms in total. The maximum Gasteiger partial charge on any atom is 0.513 e. The molecule has 0 atom stereocenters. The normalized spacial score (nSPS) is 12.4. The summed E-state index contributed by atoms with van der Waals surface area (Å²) in [6, 6.07) is 0. The van der Waals surface area contributed by atoms with Crippen LogP contribution in [0.4, 0.5) is 18.0 Å². The van der Waals surface area contributed by atoms with Crippen molar-refractivity contribution in [3.05, 3.63) is 11.6 Å². The molecule has 0 spiro atoms. The molecule has 14 heavy (non-hydrogen) atoms. The van der Waals surface area contributed by atoms with Gasteiger partial charge in [0.15, 0.2) is 0 Å². The molecule has 0 aliphatic heterocycles.